The predicted octanol–water partition coefficient (Wildman–Crippen LogP) is -2.76. The first-order chi connectivity index (χ1) is 6.25. The number of aromatic nitrogens is 2. The fourth-order valence-corrected chi connectivity index (χ4v) is 0.986. The van der Waals surface area contributed by atoms with Crippen LogP contribution in [0.5, 0.6) is 5.75 Å². The molecule has 0 aliphatic carbocycles. The van der Waals surface area contributed by atoms with Crippen LogP contribution in [-0.2, 0) is 0 Å². The van der Waals surface area contributed by atoms with Crippen LogP contribution in [0.25, 0.3) is 5.69 Å². The molecule has 3 N–H and O–H groups in total. The summed E-state index contributed by atoms with van der Waals surface area (Å²) in [6.07, 6.45) is 1.55. The summed E-state index contributed by atoms with van der Waals surface area (Å²) < 4.78 is 6.16. The van der Waals surface area contributed by atoms with E-state index in [-0.39, 0.29) is 24.0 Å². The second-order valence-corrected chi connectivity index (χ2v) is 2.57. The van der Waals surface area contributed by atoms with Gasteiger partial charge in [-0.05, 0) is 16.8 Å². The van der Waals surface area contributed by atoms with Crippen molar-refractivity contribution in [2.24, 2.45) is 0 Å². The van der Waals surface area contributed by atoms with Crippen molar-refractivity contribution in [2.45, 2.75) is 0 Å². The molecule has 0 unspecified atom stereocenters. The van der Waals surface area contributed by atoms with Gasteiger partial charge in [-0.15, -0.1) is 0 Å². The summed E-state index contributed by atoms with van der Waals surface area (Å²) in [6.45, 7) is 0. The Labute approximate surface area is 86.1 Å². The molecule has 0 saturated heterocycles. The number of nitrogens with zero attached hydrogens (tertiary/aromatic N) is 2. The molecule has 0 bridgehead atoms. The molecule has 1 aromatic carbocycles. The van der Waals surface area contributed by atoms with Gasteiger partial charge in [0.2, 0.25) is 11.0 Å². The lowest BCUT2D eigenvalue weighted by Gasteiger charge is -1.88. The summed E-state index contributed by atoms with van der Waals surface area (Å²) in [5, 5.41) is 12.7. The minimum absolute atomic E-state index is 0. The van der Waals surface area contributed by atoms with Crippen LogP contribution in [0.3, 0.4) is 0 Å². The molecule has 0 aliphatic rings. The summed E-state index contributed by atoms with van der Waals surface area (Å²) in [5.74, 6) is 0.453. The summed E-state index contributed by atoms with van der Waals surface area (Å²) in [4.78, 5) is 0. The van der Waals surface area contributed by atoms with Gasteiger partial charge < -0.3 is 23.2 Å². The monoisotopic (exact) mass is 213 g/mol. The molecule has 0 fully saturated rings. The summed E-state index contributed by atoms with van der Waals surface area (Å²) >= 11 is 0. The van der Waals surface area contributed by atoms with E-state index in [0.717, 1.165) is 5.69 Å². The van der Waals surface area contributed by atoms with Crippen LogP contribution in [0.4, 0.5) is 5.88 Å². The molecule has 74 valence electrons. The summed E-state index contributed by atoms with van der Waals surface area (Å²) in [6, 6.07) is 6.54. The average molecular weight is 214 g/mol. The molecule has 6 heteroatoms. The van der Waals surface area contributed by atoms with E-state index in [9.17, 15) is 0 Å². The number of halogens is 1. The van der Waals surface area contributed by atoms with Crippen LogP contribution in [0.2, 0.25) is 0 Å². The average Bonchev–Trinajstić information content (AvgIpc) is 2.53. The van der Waals surface area contributed by atoms with E-state index in [0.29, 0.717) is 0 Å². The molecule has 0 radical (unpaired) electrons. The van der Waals surface area contributed by atoms with E-state index in [1.54, 1.807) is 30.5 Å². The van der Waals surface area contributed by atoms with Crippen molar-refractivity contribution in [3.8, 4) is 11.4 Å². The van der Waals surface area contributed by atoms with E-state index in [2.05, 4.69) is 9.79 Å². The molecule has 0 saturated carbocycles. The number of rotatable bonds is 1. The fraction of sp³-hybridized carbons (Fsp3) is 0. The van der Waals surface area contributed by atoms with E-state index in [4.69, 9.17) is 10.8 Å². The van der Waals surface area contributed by atoms with E-state index in [1.807, 2.05) is 0 Å². The molecular formula is C8H8ClN3O2. The second-order valence-electron chi connectivity index (χ2n) is 2.57. The van der Waals surface area contributed by atoms with E-state index in [1.165, 1.54) is 4.68 Å². The minimum atomic E-state index is 0. The first kappa shape index (κ1) is 10.3. The molecule has 2 rings (SSSR count). The molecule has 2 aromatic rings. The van der Waals surface area contributed by atoms with Crippen LogP contribution in [-0.4, -0.2) is 10.4 Å². The van der Waals surface area contributed by atoms with Gasteiger partial charge in [-0.2, -0.15) is 0 Å². The molecule has 0 amide bonds. The zero-order chi connectivity index (χ0) is 9.26. The zero-order valence-corrected chi connectivity index (χ0v) is 7.85. The van der Waals surface area contributed by atoms with Gasteiger partial charge in [0.1, 0.15) is 5.75 Å². The Bertz CT molecular complexity index is 413. The fourth-order valence-electron chi connectivity index (χ4n) is 0.986. The first-order valence-corrected chi connectivity index (χ1v) is 3.69. The number of aromatic hydroxyl groups is 1. The maximum absolute atomic E-state index is 9.03. The van der Waals surface area contributed by atoms with Gasteiger partial charge in [-0.25, -0.2) is 0 Å². The Morgan fingerprint density at radius 2 is 1.93 bits per heavy atom. The molecule has 14 heavy (non-hydrogen) atoms. The van der Waals surface area contributed by atoms with Crippen LogP contribution in [0.15, 0.2) is 35.0 Å². The number of hydrogen-bond acceptors (Lipinski definition) is 4. The number of phenols is 1. The highest BCUT2D eigenvalue weighted by molar-refractivity contribution is 5.30. The van der Waals surface area contributed by atoms with Crippen molar-refractivity contribution < 1.29 is 26.7 Å². The largest absolute Gasteiger partial charge is 1.00 e. The highest BCUT2D eigenvalue weighted by Gasteiger charge is 2.11. The Morgan fingerprint density at radius 1 is 1.29 bits per heavy atom. The quantitative estimate of drug-likeness (QED) is 0.504. The van der Waals surface area contributed by atoms with Crippen molar-refractivity contribution in [3.63, 3.8) is 0 Å². The van der Waals surface area contributed by atoms with Crippen molar-refractivity contribution in [2.75, 3.05) is 5.73 Å². The second kappa shape index (κ2) is 3.97. The molecule has 1 heterocycles. The van der Waals surface area contributed by atoms with Crippen molar-refractivity contribution in [1.82, 2.24) is 5.27 Å². The van der Waals surface area contributed by atoms with Gasteiger partial charge in [-0.1, -0.05) is 0 Å². The maximum atomic E-state index is 9.03. The van der Waals surface area contributed by atoms with Crippen molar-refractivity contribution >= 4 is 5.88 Å². The number of nitrogens with two attached hydrogens (primary N) is 1. The normalized spacial score (nSPS) is 9.43. The molecular weight excluding hydrogens is 206 g/mol. The standard InChI is InChI=1S/C8H7N3O2.ClH/c9-8-5-11(10-13-8)6-1-3-7(12)4-2-6;/h1-5H,(H2-,9,10,12);1H. The SMILES string of the molecule is Nc1c[n+](-c2ccc(O)cc2)no1.[Cl-]. The third kappa shape index (κ3) is 1.94. The molecule has 5 nitrogen and oxygen atoms in total. The number of benzene rings is 1. The number of phenolic OH excluding ortho intramolecular Hbond substituents is 1. The minimum Gasteiger partial charge on any atom is -1.00 e. The zero-order valence-electron chi connectivity index (χ0n) is 7.09. The van der Waals surface area contributed by atoms with Crippen molar-refractivity contribution in [1.29, 1.82) is 0 Å². The van der Waals surface area contributed by atoms with Gasteiger partial charge in [0.05, 0.1) is 0 Å². The number of nitrogen functional groups attached to an aromatic ring is 1. The predicted molar refractivity (Wildman–Crippen MR) is 44.1 cm³/mol. The van der Waals surface area contributed by atoms with Gasteiger partial charge in [0, 0.05) is 12.1 Å². The van der Waals surface area contributed by atoms with E-state index >= 15 is 0 Å². The van der Waals surface area contributed by atoms with Gasteiger partial charge >= 0.3 is 0 Å². The Balaban J connectivity index is 0.000000980. The lowest BCUT2D eigenvalue weighted by atomic mass is 10.3. The van der Waals surface area contributed by atoms with E-state index < -0.39 is 0 Å². The smallest absolute Gasteiger partial charge is 0.293 e. The maximum Gasteiger partial charge on any atom is 0.293 e. The van der Waals surface area contributed by atoms with Gasteiger partial charge in [0.25, 0.3) is 12.1 Å². The lowest BCUT2D eigenvalue weighted by molar-refractivity contribution is -0.670. The topological polar surface area (TPSA) is 76.2 Å². The Kier molecular flexibility index (Phi) is 2.93. The van der Waals surface area contributed by atoms with Gasteiger partial charge in [-0.3, -0.25) is 4.52 Å². The molecule has 0 aliphatic heterocycles. The van der Waals surface area contributed by atoms with Crippen LogP contribution >= 0.6 is 0 Å². The van der Waals surface area contributed by atoms with Crippen LogP contribution < -0.4 is 22.8 Å². The Hall–Kier alpha value is -1.75. The number of hydrogen-bond donors (Lipinski definition) is 2. The summed E-state index contributed by atoms with van der Waals surface area (Å²) in [5.41, 5.74) is 6.12. The number of anilines is 1. The van der Waals surface area contributed by atoms with Crippen LogP contribution in [0.1, 0.15) is 0 Å². The first-order valence-electron chi connectivity index (χ1n) is 3.69. The highest BCUT2D eigenvalue weighted by atomic mass is 35.5. The highest BCUT2D eigenvalue weighted by Crippen LogP contribution is 2.09. The molecule has 0 spiro atoms. The van der Waals surface area contributed by atoms with Crippen molar-refractivity contribution in [3.05, 3.63) is 30.5 Å². The summed E-state index contributed by atoms with van der Waals surface area (Å²) in [7, 11) is 0. The third-order valence-electron chi connectivity index (χ3n) is 1.60. The molecule has 1 aromatic heterocycles. The molecule has 0 atom stereocenters. The van der Waals surface area contributed by atoms with Gasteiger partial charge in [0.15, 0.2) is 0 Å². The lowest BCUT2D eigenvalue weighted by Crippen LogP contribution is -3.00. The third-order valence-corrected chi connectivity index (χ3v) is 1.60. The van der Waals surface area contributed by atoms with Crippen LogP contribution in [0, 0.1) is 0 Å². The Morgan fingerprint density at radius 3 is 2.43 bits per heavy atom.